The number of hydrogen-bond donors (Lipinski definition) is 1. The average Bonchev–Trinajstić information content (AvgIpc) is 2.73. The second kappa shape index (κ2) is 9.44. The first kappa shape index (κ1) is 23.1. The Balaban J connectivity index is 1.64. The van der Waals surface area contributed by atoms with Crippen molar-refractivity contribution in [3.63, 3.8) is 0 Å². The predicted octanol–water partition coefficient (Wildman–Crippen LogP) is 5.38. The minimum atomic E-state index is -3.33. The summed E-state index contributed by atoms with van der Waals surface area (Å²) in [5.41, 5.74) is 4.11. The Morgan fingerprint density at radius 2 is 1.53 bits per heavy atom. The molecule has 0 aromatic heterocycles. The zero-order valence-corrected chi connectivity index (χ0v) is 20.4. The van der Waals surface area contributed by atoms with Crippen molar-refractivity contribution in [2.45, 2.75) is 12.5 Å². The van der Waals surface area contributed by atoms with Crippen LogP contribution < -0.4 is 5.32 Å². The van der Waals surface area contributed by atoms with Crippen molar-refractivity contribution in [2.75, 3.05) is 26.4 Å². The van der Waals surface area contributed by atoms with Gasteiger partial charge in [-0.3, -0.25) is 4.90 Å². The summed E-state index contributed by atoms with van der Waals surface area (Å²) in [6.45, 7) is 1.32. The van der Waals surface area contributed by atoms with Gasteiger partial charge in [-0.15, -0.1) is 0 Å². The molecule has 1 aliphatic carbocycles. The van der Waals surface area contributed by atoms with Gasteiger partial charge < -0.3 is 5.32 Å². The summed E-state index contributed by atoms with van der Waals surface area (Å²) in [6, 6.07) is 15.7. The van der Waals surface area contributed by atoms with Gasteiger partial charge in [0.05, 0.1) is 10.9 Å². The molecule has 168 valence electrons. The molecule has 0 atom stereocenters. The first-order chi connectivity index (χ1) is 15.3. The van der Waals surface area contributed by atoms with Crippen molar-refractivity contribution in [1.29, 1.82) is 0 Å². The molecule has 0 unspecified atom stereocenters. The van der Waals surface area contributed by atoms with Crippen LogP contribution in [0.3, 0.4) is 0 Å². The van der Waals surface area contributed by atoms with Crippen LogP contribution in [0.1, 0.15) is 23.6 Å². The highest BCUT2D eigenvalue weighted by Gasteiger charge is 2.40. The van der Waals surface area contributed by atoms with Gasteiger partial charge in [0.1, 0.15) is 0 Å². The molecule has 1 fully saturated rings. The molecule has 4 rings (SSSR count). The maximum Gasteiger partial charge on any atom is 0.172 e. The summed E-state index contributed by atoms with van der Waals surface area (Å²) in [6.07, 6.45) is 7.74. The smallest absolute Gasteiger partial charge is 0.172 e. The van der Waals surface area contributed by atoms with Crippen LogP contribution in [0.4, 0.5) is 0 Å². The third kappa shape index (κ3) is 4.96. The lowest BCUT2D eigenvalue weighted by Gasteiger charge is -2.46. The molecule has 1 aliphatic heterocycles. The first-order valence-electron chi connectivity index (χ1n) is 10.5. The molecule has 7 heteroatoms. The molecule has 32 heavy (non-hydrogen) atoms. The molecule has 1 heterocycles. The molecule has 2 aliphatic rings. The van der Waals surface area contributed by atoms with E-state index in [1.807, 2.05) is 73.8 Å². The van der Waals surface area contributed by atoms with Gasteiger partial charge >= 0.3 is 0 Å². The molecule has 0 spiro atoms. The molecule has 1 N–H and O–H groups in total. The minimum Gasteiger partial charge on any atom is -0.391 e. The van der Waals surface area contributed by atoms with Crippen LogP contribution in [0, 0.1) is 5.92 Å². The number of hydrogen-bond acceptors (Lipinski definition) is 4. The lowest BCUT2D eigenvalue weighted by molar-refractivity contribution is 0.0923. The van der Waals surface area contributed by atoms with Crippen molar-refractivity contribution in [3.05, 3.63) is 104 Å². The Morgan fingerprint density at radius 3 is 2.00 bits per heavy atom. The van der Waals surface area contributed by atoms with E-state index < -0.39 is 9.84 Å². The third-order valence-electron chi connectivity index (χ3n) is 6.03. The summed E-state index contributed by atoms with van der Waals surface area (Å²) >= 11 is 12.2. The second-order valence-corrected chi connectivity index (χ2v) is 11.2. The lowest BCUT2D eigenvalue weighted by atomic mass is 9.88. The molecule has 0 bridgehead atoms. The molecule has 0 radical (unpaired) electrons. The topological polar surface area (TPSA) is 49.4 Å². The van der Waals surface area contributed by atoms with Crippen LogP contribution in [0.5, 0.6) is 0 Å². The zero-order valence-electron chi connectivity index (χ0n) is 18.1. The van der Waals surface area contributed by atoms with Gasteiger partial charge in [0.2, 0.25) is 0 Å². The van der Waals surface area contributed by atoms with Crippen LogP contribution in [0.15, 0.2) is 82.9 Å². The van der Waals surface area contributed by atoms with E-state index >= 15 is 0 Å². The standard InChI is InChI=1S/C25H26Cl2N2O2S/c1-28-23-5-3-4-19(14-23)25(32(2,30)31)20-15-29(16-20)24(17-6-10-21(26)11-7-17)18-8-12-22(27)13-9-18/h3-13,20,24,28H,14-16H2,1-2H3/b25-19+. The Bertz CT molecular complexity index is 1130. The third-order valence-corrected chi connectivity index (χ3v) is 7.93. The Kier molecular flexibility index (Phi) is 6.82. The fraction of sp³-hybridized carbons (Fsp3) is 0.280. The number of benzene rings is 2. The molecule has 4 nitrogen and oxygen atoms in total. The van der Waals surface area contributed by atoms with Crippen molar-refractivity contribution >= 4 is 33.0 Å². The molecule has 2 aromatic rings. The number of nitrogens with zero attached hydrogens (tertiary/aromatic N) is 1. The molecule has 0 saturated carbocycles. The highest BCUT2D eigenvalue weighted by atomic mass is 35.5. The van der Waals surface area contributed by atoms with Crippen molar-refractivity contribution < 1.29 is 8.42 Å². The van der Waals surface area contributed by atoms with Gasteiger partial charge in [-0.1, -0.05) is 59.6 Å². The van der Waals surface area contributed by atoms with Gasteiger partial charge in [0.15, 0.2) is 9.84 Å². The normalized spacial score (nSPS) is 19.0. The number of sulfone groups is 1. The van der Waals surface area contributed by atoms with Crippen molar-refractivity contribution in [2.24, 2.45) is 5.92 Å². The van der Waals surface area contributed by atoms with E-state index in [2.05, 4.69) is 10.2 Å². The van der Waals surface area contributed by atoms with Gasteiger partial charge in [-0.05, 0) is 47.0 Å². The van der Waals surface area contributed by atoms with Gasteiger partial charge in [-0.25, -0.2) is 8.42 Å². The lowest BCUT2D eigenvalue weighted by Crippen LogP contribution is -2.50. The Labute approximate surface area is 200 Å². The minimum absolute atomic E-state index is 0.00116. The van der Waals surface area contributed by atoms with Crippen LogP contribution >= 0.6 is 23.2 Å². The number of likely N-dealkylation sites (tertiary alicyclic amines) is 1. The molecule has 0 amide bonds. The summed E-state index contributed by atoms with van der Waals surface area (Å²) in [7, 11) is -1.48. The van der Waals surface area contributed by atoms with Crippen molar-refractivity contribution in [1.82, 2.24) is 10.2 Å². The monoisotopic (exact) mass is 488 g/mol. The number of halogens is 2. The van der Waals surface area contributed by atoms with Crippen molar-refractivity contribution in [3.8, 4) is 0 Å². The fourth-order valence-corrected chi connectivity index (χ4v) is 6.16. The van der Waals surface area contributed by atoms with Gasteiger partial charge in [-0.2, -0.15) is 0 Å². The Morgan fingerprint density at radius 1 is 1.00 bits per heavy atom. The van der Waals surface area contributed by atoms with Crippen LogP contribution in [0.2, 0.25) is 10.0 Å². The van der Waals surface area contributed by atoms with Gasteiger partial charge in [0, 0.05) is 54.5 Å². The molecule has 1 saturated heterocycles. The predicted molar refractivity (Wildman–Crippen MR) is 133 cm³/mol. The number of rotatable bonds is 6. The summed E-state index contributed by atoms with van der Waals surface area (Å²) < 4.78 is 25.5. The fourth-order valence-electron chi connectivity index (χ4n) is 4.54. The molecular formula is C25H26Cl2N2O2S. The van der Waals surface area contributed by atoms with Crippen LogP contribution in [0.25, 0.3) is 0 Å². The van der Waals surface area contributed by atoms with Gasteiger partial charge in [0.25, 0.3) is 0 Å². The van der Waals surface area contributed by atoms with E-state index in [1.165, 1.54) is 6.26 Å². The van der Waals surface area contributed by atoms with E-state index in [0.29, 0.717) is 34.5 Å². The number of allylic oxidation sites excluding steroid dienone is 4. The van der Waals surface area contributed by atoms with E-state index in [9.17, 15) is 8.42 Å². The zero-order chi connectivity index (χ0) is 22.9. The quantitative estimate of drug-likeness (QED) is 0.592. The van der Waals surface area contributed by atoms with E-state index in [4.69, 9.17) is 23.2 Å². The van der Waals surface area contributed by atoms with E-state index in [-0.39, 0.29) is 12.0 Å². The maximum absolute atomic E-state index is 12.8. The van der Waals surface area contributed by atoms with E-state index in [0.717, 1.165) is 22.4 Å². The van der Waals surface area contributed by atoms with Crippen LogP contribution in [-0.2, 0) is 9.84 Å². The molecular weight excluding hydrogens is 463 g/mol. The Hall–Kier alpha value is -2.05. The second-order valence-electron chi connectivity index (χ2n) is 8.30. The number of nitrogens with one attached hydrogen (secondary N) is 1. The average molecular weight is 489 g/mol. The summed E-state index contributed by atoms with van der Waals surface area (Å²) in [4.78, 5) is 2.86. The molecule has 2 aromatic carbocycles. The maximum atomic E-state index is 12.8. The summed E-state index contributed by atoms with van der Waals surface area (Å²) in [5, 5.41) is 4.52. The highest BCUT2D eigenvalue weighted by Crippen LogP contribution is 2.40. The highest BCUT2D eigenvalue weighted by molar-refractivity contribution is 7.94. The summed E-state index contributed by atoms with van der Waals surface area (Å²) in [5.74, 6) is -0.0389. The first-order valence-corrected chi connectivity index (χ1v) is 13.1. The van der Waals surface area contributed by atoms with E-state index in [1.54, 1.807) is 0 Å². The van der Waals surface area contributed by atoms with Crippen LogP contribution in [-0.4, -0.2) is 39.7 Å². The SMILES string of the molecule is CNC1=CC=C/C(=C(/C2CN(C(c3ccc(Cl)cc3)c3ccc(Cl)cc3)C2)S(C)(=O)=O)C1. The largest absolute Gasteiger partial charge is 0.391 e.